The summed E-state index contributed by atoms with van der Waals surface area (Å²) < 4.78 is 86.9. The lowest BCUT2D eigenvalue weighted by molar-refractivity contribution is 0.0653. The van der Waals surface area contributed by atoms with Crippen molar-refractivity contribution in [3.8, 4) is 0 Å². The van der Waals surface area contributed by atoms with E-state index in [1.54, 1.807) is 23.1 Å². The van der Waals surface area contributed by atoms with E-state index in [0.29, 0.717) is 49.4 Å². The van der Waals surface area contributed by atoms with Crippen molar-refractivity contribution in [3.05, 3.63) is 58.7 Å². The molecule has 1 saturated carbocycles. The number of fused-ring (bicyclic) bond motifs is 1. The Bertz CT molecular complexity index is 1330. The molecule has 5 rings (SSSR count). The summed E-state index contributed by atoms with van der Waals surface area (Å²) in [6, 6.07) is 6.46. The zero-order valence-corrected chi connectivity index (χ0v) is 24.7. The number of alkyl halides is 2. The number of hydrogen-bond acceptors (Lipinski definition) is 5. The van der Waals surface area contributed by atoms with Gasteiger partial charge in [0.2, 0.25) is 10.0 Å². The van der Waals surface area contributed by atoms with Crippen LogP contribution < -0.4 is 10.0 Å². The van der Waals surface area contributed by atoms with Crippen molar-refractivity contribution >= 4 is 21.4 Å². The first-order chi connectivity index (χ1) is 19.3. The van der Waals surface area contributed by atoms with E-state index in [9.17, 15) is 17.2 Å². The lowest BCUT2D eigenvalue weighted by Crippen LogP contribution is -2.54. The molecule has 0 bridgehead atoms. The first-order valence-electron chi connectivity index (χ1n) is 14.4. The zero-order chi connectivity index (χ0) is 29.5. The van der Waals surface area contributed by atoms with Crippen molar-refractivity contribution in [1.29, 1.82) is 0 Å². The standard InChI is InChI=1S/C30H40F4N4O2S/c1-19-11-21-12-22(36-41(39,40)17-20-5-6-20)7-8-25(21)29(38(19)18-30(2,3)34)28-26(32)13-23(14-27(28)33)35-24-15-37(16-24)10-4-9-31/h7-8,12-14,19-20,24,29,35-36H,4-6,9-11,15-18H2,1-3H3. The predicted octanol–water partition coefficient (Wildman–Crippen LogP) is 5.66. The molecule has 3 aliphatic rings. The van der Waals surface area contributed by atoms with Crippen molar-refractivity contribution in [2.24, 2.45) is 5.92 Å². The van der Waals surface area contributed by atoms with Crippen LogP contribution in [0.1, 0.15) is 62.8 Å². The highest BCUT2D eigenvalue weighted by Crippen LogP contribution is 2.42. The molecule has 2 atom stereocenters. The molecule has 6 nitrogen and oxygen atoms in total. The second-order valence-electron chi connectivity index (χ2n) is 12.6. The van der Waals surface area contributed by atoms with Gasteiger partial charge >= 0.3 is 0 Å². The Morgan fingerprint density at radius 1 is 1.05 bits per heavy atom. The summed E-state index contributed by atoms with van der Waals surface area (Å²) in [5.74, 6) is -1.19. The van der Waals surface area contributed by atoms with Gasteiger partial charge in [-0.1, -0.05) is 6.07 Å². The van der Waals surface area contributed by atoms with E-state index in [1.807, 2.05) is 6.92 Å². The molecule has 0 aromatic heterocycles. The smallest absolute Gasteiger partial charge is 0.232 e. The molecule has 1 saturated heterocycles. The minimum Gasteiger partial charge on any atom is -0.380 e. The van der Waals surface area contributed by atoms with E-state index in [-0.39, 0.29) is 42.5 Å². The summed E-state index contributed by atoms with van der Waals surface area (Å²) >= 11 is 0. The van der Waals surface area contributed by atoms with Gasteiger partial charge in [-0.05, 0) is 87.8 Å². The van der Waals surface area contributed by atoms with Gasteiger partial charge in [0.1, 0.15) is 17.3 Å². The van der Waals surface area contributed by atoms with E-state index in [2.05, 4.69) is 14.9 Å². The second kappa shape index (κ2) is 11.7. The molecule has 2 aromatic carbocycles. The number of benzene rings is 2. The maximum Gasteiger partial charge on any atom is 0.232 e. The van der Waals surface area contributed by atoms with Gasteiger partial charge in [0, 0.05) is 49.2 Å². The Balaban J connectivity index is 1.43. The maximum atomic E-state index is 15.8. The monoisotopic (exact) mass is 596 g/mol. The van der Waals surface area contributed by atoms with Crippen LogP contribution in [0.4, 0.5) is 28.9 Å². The highest BCUT2D eigenvalue weighted by molar-refractivity contribution is 7.92. The average Bonchev–Trinajstić information content (AvgIpc) is 3.64. The lowest BCUT2D eigenvalue weighted by atomic mass is 9.83. The minimum absolute atomic E-state index is 0.0145. The Hall–Kier alpha value is -2.37. The molecule has 1 aliphatic carbocycles. The Kier molecular flexibility index (Phi) is 8.61. The van der Waals surface area contributed by atoms with E-state index in [1.165, 1.54) is 26.0 Å². The summed E-state index contributed by atoms with van der Waals surface area (Å²) in [7, 11) is -3.50. The van der Waals surface area contributed by atoms with Crippen LogP contribution in [-0.4, -0.2) is 74.6 Å². The topological polar surface area (TPSA) is 64.7 Å². The molecule has 2 aromatic rings. The SMILES string of the molecule is CC1Cc2cc(NS(=O)(=O)CC3CC3)ccc2C(c2c(F)cc(NC3CN(CCCF)C3)cc2F)N1CC(C)(C)F. The number of halogens is 4. The fourth-order valence-electron chi connectivity index (χ4n) is 6.09. The lowest BCUT2D eigenvalue weighted by Gasteiger charge is -2.44. The normalized spacial score (nSPS) is 22.3. The Morgan fingerprint density at radius 2 is 1.73 bits per heavy atom. The fraction of sp³-hybridized carbons (Fsp3) is 0.600. The van der Waals surface area contributed by atoms with Crippen LogP contribution in [0.5, 0.6) is 0 Å². The summed E-state index contributed by atoms with van der Waals surface area (Å²) in [4.78, 5) is 3.87. The van der Waals surface area contributed by atoms with E-state index >= 15 is 8.78 Å². The minimum atomic E-state index is -3.50. The summed E-state index contributed by atoms with van der Waals surface area (Å²) in [6.45, 7) is 6.36. The van der Waals surface area contributed by atoms with Gasteiger partial charge < -0.3 is 5.32 Å². The van der Waals surface area contributed by atoms with E-state index < -0.39 is 33.4 Å². The molecule has 2 N–H and O–H groups in total. The van der Waals surface area contributed by atoms with E-state index in [4.69, 9.17) is 0 Å². The summed E-state index contributed by atoms with van der Waals surface area (Å²) in [5.41, 5.74) is 0.351. The first kappa shape index (κ1) is 30.1. The van der Waals surface area contributed by atoms with Crippen molar-refractivity contribution < 1.29 is 26.0 Å². The molecular weight excluding hydrogens is 556 g/mol. The van der Waals surface area contributed by atoms with Crippen LogP contribution in [0.3, 0.4) is 0 Å². The van der Waals surface area contributed by atoms with Gasteiger partial charge in [0.25, 0.3) is 0 Å². The number of hydrogen-bond donors (Lipinski definition) is 2. The van der Waals surface area contributed by atoms with Gasteiger partial charge in [0.05, 0.1) is 24.5 Å². The van der Waals surface area contributed by atoms with E-state index in [0.717, 1.165) is 18.4 Å². The highest BCUT2D eigenvalue weighted by atomic mass is 32.2. The molecular formula is C30H40F4N4O2S. The van der Waals surface area contributed by atoms with Crippen LogP contribution in [0.2, 0.25) is 0 Å². The van der Waals surface area contributed by atoms with Crippen LogP contribution >= 0.6 is 0 Å². The van der Waals surface area contributed by atoms with Crippen LogP contribution in [0, 0.1) is 17.6 Å². The number of anilines is 2. The van der Waals surface area contributed by atoms with Crippen LogP contribution in [-0.2, 0) is 16.4 Å². The first-order valence-corrected chi connectivity index (χ1v) is 16.1. The number of nitrogens with zero attached hydrogens (tertiary/aromatic N) is 2. The van der Waals surface area contributed by atoms with Gasteiger partial charge in [-0.25, -0.2) is 21.6 Å². The van der Waals surface area contributed by atoms with Crippen molar-refractivity contribution in [2.75, 3.05) is 48.6 Å². The third-order valence-corrected chi connectivity index (χ3v) is 9.58. The molecule has 2 aliphatic heterocycles. The number of sulfonamides is 1. The Labute approximate surface area is 240 Å². The molecule has 2 heterocycles. The van der Waals surface area contributed by atoms with Gasteiger partial charge in [-0.3, -0.25) is 18.9 Å². The van der Waals surface area contributed by atoms with Gasteiger partial charge in [0.15, 0.2) is 0 Å². The number of nitrogens with one attached hydrogen (secondary N) is 2. The van der Waals surface area contributed by atoms with Crippen molar-refractivity contribution in [2.45, 2.75) is 70.2 Å². The maximum absolute atomic E-state index is 15.8. The fourth-order valence-corrected chi connectivity index (χ4v) is 7.62. The van der Waals surface area contributed by atoms with Gasteiger partial charge in [-0.15, -0.1) is 0 Å². The summed E-state index contributed by atoms with van der Waals surface area (Å²) in [6.07, 6.45) is 2.77. The molecule has 226 valence electrons. The summed E-state index contributed by atoms with van der Waals surface area (Å²) in [5, 5.41) is 3.17. The largest absolute Gasteiger partial charge is 0.380 e. The molecule has 0 spiro atoms. The second-order valence-corrected chi connectivity index (χ2v) is 14.4. The quantitative estimate of drug-likeness (QED) is 0.310. The molecule has 2 fully saturated rings. The van der Waals surface area contributed by atoms with Gasteiger partial charge in [-0.2, -0.15) is 0 Å². The number of rotatable bonds is 12. The molecule has 0 radical (unpaired) electrons. The van der Waals surface area contributed by atoms with Crippen molar-refractivity contribution in [1.82, 2.24) is 9.80 Å². The van der Waals surface area contributed by atoms with Crippen LogP contribution in [0.25, 0.3) is 0 Å². The van der Waals surface area contributed by atoms with Crippen molar-refractivity contribution in [3.63, 3.8) is 0 Å². The average molecular weight is 597 g/mol. The Morgan fingerprint density at radius 3 is 2.34 bits per heavy atom. The number of likely N-dealkylation sites (tertiary alicyclic amines) is 1. The molecule has 41 heavy (non-hydrogen) atoms. The molecule has 2 unspecified atom stereocenters. The third kappa shape index (κ3) is 7.35. The predicted molar refractivity (Wildman–Crippen MR) is 154 cm³/mol. The third-order valence-electron chi connectivity index (χ3n) is 8.12. The zero-order valence-electron chi connectivity index (χ0n) is 23.9. The van der Waals surface area contributed by atoms with Crippen LogP contribution in [0.15, 0.2) is 30.3 Å². The highest BCUT2D eigenvalue weighted by Gasteiger charge is 2.40. The molecule has 11 heteroatoms. The molecule has 0 amide bonds.